The number of rotatable bonds is 6. The maximum Gasteiger partial charge on any atom is 0.175 e. The van der Waals surface area contributed by atoms with Crippen LogP contribution >= 0.6 is 38.9 Å². The Labute approximate surface area is 199 Å². The summed E-state index contributed by atoms with van der Waals surface area (Å²) in [5.74, 6) is 1.19. The van der Waals surface area contributed by atoms with E-state index in [0.29, 0.717) is 23.1 Å². The Morgan fingerprint density at radius 3 is 2.84 bits per heavy atom. The van der Waals surface area contributed by atoms with Gasteiger partial charge >= 0.3 is 0 Å². The Hall–Kier alpha value is -2.33. The summed E-state index contributed by atoms with van der Waals surface area (Å²) >= 11 is 11.4. The van der Waals surface area contributed by atoms with Crippen LogP contribution in [0.5, 0.6) is 11.5 Å². The lowest BCUT2D eigenvalue weighted by molar-refractivity contribution is 0.282. The lowest BCUT2D eigenvalue weighted by Crippen LogP contribution is -2.00. The topological polar surface area (TPSA) is 54.6 Å². The number of aliphatic imine (C=N–C) groups is 1. The van der Waals surface area contributed by atoms with E-state index in [1.165, 1.54) is 16.9 Å². The Morgan fingerprint density at radius 1 is 1.26 bits per heavy atom. The van der Waals surface area contributed by atoms with Crippen LogP contribution in [-0.4, -0.2) is 13.3 Å². The molecule has 0 N–H and O–H groups in total. The number of aryl methyl sites for hydroxylation is 1. The molecule has 31 heavy (non-hydrogen) atoms. The number of thiophene rings is 1. The lowest BCUT2D eigenvalue weighted by atomic mass is 9.96. The van der Waals surface area contributed by atoms with Crippen LogP contribution in [0.15, 0.2) is 45.9 Å². The maximum atomic E-state index is 9.63. The molecule has 0 fully saturated rings. The number of nitriles is 1. The van der Waals surface area contributed by atoms with Crippen LogP contribution in [0.2, 0.25) is 5.02 Å². The van der Waals surface area contributed by atoms with E-state index in [0.717, 1.165) is 45.4 Å². The quantitative estimate of drug-likeness (QED) is 0.325. The second-order valence-corrected chi connectivity index (χ2v) is 9.52. The van der Waals surface area contributed by atoms with Crippen LogP contribution in [0.3, 0.4) is 0 Å². The molecule has 158 valence electrons. The first-order chi connectivity index (χ1) is 15.1. The van der Waals surface area contributed by atoms with Crippen molar-refractivity contribution < 1.29 is 9.47 Å². The maximum absolute atomic E-state index is 9.63. The highest BCUT2D eigenvalue weighted by Crippen LogP contribution is 2.40. The van der Waals surface area contributed by atoms with Crippen molar-refractivity contribution in [1.82, 2.24) is 0 Å². The third-order valence-corrected chi connectivity index (χ3v) is 7.33. The molecule has 0 radical (unpaired) electrons. The van der Waals surface area contributed by atoms with Gasteiger partial charge in [0.05, 0.1) is 17.1 Å². The molecule has 7 heteroatoms. The number of nitrogens with zero attached hydrogens (tertiary/aromatic N) is 2. The summed E-state index contributed by atoms with van der Waals surface area (Å²) in [6.07, 6.45) is 6.11. The van der Waals surface area contributed by atoms with Gasteiger partial charge in [0.25, 0.3) is 0 Å². The lowest BCUT2D eigenvalue weighted by Gasteiger charge is -2.14. The molecule has 4 nitrogen and oxygen atoms in total. The molecule has 1 aliphatic carbocycles. The van der Waals surface area contributed by atoms with Gasteiger partial charge in [0.2, 0.25) is 0 Å². The SMILES string of the molecule is COc1cc(C=Nc2sc3c(c2C#N)CCCC3)cc(Br)c1OCc1ccccc1Cl. The van der Waals surface area contributed by atoms with Gasteiger partial charge in [0, 0.05) is 21.7 Å². The molecule has 0 saturated heterocycles. The summed E-state index contributed by atoms with van der Waals surface area (Å²) in [7, 11) is 1.60. The van der Waals surface area contributed by atoms with E-state index in [-0.39, 0.29) is 0 Å². The molecule has 1 aliphatic rings. The molecule has 4 rings (SSSR count). The minimum Gasteiger partial charge on any atom is -0.493 e. The van der Waals surface area contributed by atoms with Gasteiger partial charge in [-0.25, -0.2) is 4.99 Å². The van der Waals surface area contributed by atoms with E-state index < -0.39 is 0 Å². The second kappa shape index (κ2) is 9.86. The first-order valence-corrected chi connectivity index (χ1v) is 11.9. The van der Waals surface area contributed by atoms with Gasteiger partial charge in [-0.15, -0.1) is 11.3 Å². The molecular weight excluding hydrogens is 496 g/mol. The molecule has 0 saturated carbocycles. The van der Waals surface area contributed by atoms with Gasteiger partial charge in [-0.2, -0.15) is 5.26 Å². The Bertz CT molecular complexity index is 1180. The third-order valence-electron chi connectivity index (χ3n) is 5.18. The summed E-state index contributed by atoms with van der Waals surface area (Å²) in [4.78, 5) is 5.94. The van der Waals surface area contributed by atoms with Crippen LogP contribution in [0, 0.1) is 11.3 Å². The Kier molecular flexibility index (Phi) is 6.96. The number of benzene rings is 2. The Morgan fingerprint density at radius 2 is 2.06 bits per heavy atom. The second-order valence-electron chi connectivity index (χ2n) is 7.18. The van der Waals surface area contributed by atoms with Crippen molar-refractivity contribution in [3.8, 4) is 17.6 Å². The average Bonchev–Trinajstić information content (AvgIpc) is 3.15. The molecule has 0 aliphatic heterocycles. The summed E-state index contributed by atoms with van der Waals surface area (Å²) in [6.45, 7) is 0.328. The summed E-state index contributed by atoms with van der Waals surface area (Å²) in [5.41, 5.74) is 3.66. The van der Waals surface area contributed by atoms with E-state index >= 15 is 0 Å². The van der Waals surface area contributed by atoms with Crippen molar-refractivity contribution in [3.05, 3.63) is 73.0 Å². The minimum atomic E-state index is 0.328. The average molecular weight is 516 g/mol. The van der Waals surface area contributed by atoms with Gasteiger partial charge in [0.15, 0.2) is 11.5 Å². The summed E-state index contributed by atoms with van der Waals surface area (Å²) in [5, 5.41) is 11.1. The van der Waals surface area contributed by atoms with Crippen LogP contribution in [0.1, 0.15) is 40.0 Å². The largest absolute Gasteiger partial charge is 0.493 e. The molecule has 0 atom stereocenters. The van der Waals surface area contributed by atoms with E-state index in [2.05, 4.69) is 27.0 Å². The van der Waals surface area contributed by atoms with Crippen molar-refractivity contribution in [2.24, 2.45) is 4.99 Å². The summed E-state index contributed by atoms with van der Waals surface area (Å²) < 4.78 is 12.3. The van der Waals surface area contributed by atoms with Gasteiger partial charge in [-0.3, -0.25) is 0 Å². The van der Waals surface area contributed by atoms with Crippen molar-refractivity contribution in [2.75, 3.05) is 7.11 Å². The van der Waals surface area contributed by atoms with Crippen LogP contribution in [-0.2, 0) is 19.4 Å². The highest BCUT2D eigenvalue weighted by Gasteiger charge is 2.20. The first-order valence-electron chi connectivity index (χ1n) is 9.93. The number of ether oxygens (including phenoxy) is 2. The van der Waals surface area contributed by atoms with E-state index in [9.17, 15) is 5.26 Å². The molecule has 3 aromatic rings. The van der Waals surface area contributed by atoms with Crippen molar-refractivity contribution in [1.29, 1.82) is 5.26 Å². The molecule has 1 aromatic heterocycles. The third kappa shape index (κ3) is 4.79. The van der Waals surface area contributed by atoms with Crippen molar-refractivity contribution >= 4 is 50.1 Å². The zero-order valence-electron chi connectivity index (χ0n) is 17.0. The zero-order chi connectivity index (χ0) is 21.8. The van der Waals surface area contributed by atoms with Gasteiger partial charge < -0.3 is 9.47 Å². The molecular formula is C24H20BrClN2O2S. The van der Waals surface area contributed by atoms with Crippen LogP contribution < -0.4 is 9.47 Å². The van der Waals surface area contributed by atoms with Crippen molar-refractivity contribution in [3.63, 3.8) is 0 Å². The van der Waals surface area contributed by atoms with E-state index in [1.54, 1.807) is 24.7 Å². The molecule has 0 amide bonds. The fourth-order valence-corrected chi connectivity index (χ4v) is 5.56. The van der Waals surface area contributed by atoms with Gasteiger partial charge in [-0.05, 0) is 70.9 Å². The highest BCUT2D eigenvalue weighted by atomic mass is 79.9. The van der Waals surface area contributed by atoms with Crippen molar-refractivity contribution in [2.45, 2.75) is 32.3 Å². The number of fused-ring (bicyclic) bond motifs is 1. The first kappa shape index (κ1) is 21.9. The van der Waals surface area contributed by atoms with Gasteiger partial charge in [-0.1, -0.05) is 29.8 Å². The highest BCUT2D eigenvalue weighted by molar-refractivity contribution is 9.10. The molecule has 2 aromatic carbocycles. The van der Waals surface area contributed by atoms with Crippen LogP contribution in [0.4, 0.5) is 5.00 Å². The number of hydrogen-bond donors (Lipinski definition) is 0. The van der Waals surface area contributed by atoms with Crippen LogP contribution in [0.25, 0.3) is 0 Å². The predicted octanol–water partition coefficient (Wildman–Crippen LogP) is 7.25. The Balaban J connectivity index is 1.58. The zero-order valence-corrected chi connectivity index (χ0v) is 20.1. The predicted molar refractivity (Wildman–Crippen MR) is 129 cm³/mol. The molecule has 0 spiro atoms. The minimum absolute atomic E-state index is 0.328. The van der Waals surface area contributed by atoms with Gasteiger partial charge in [0.1, 0.15) is 17.7 Å². The molecule has 0 bridgehead atoms. The number of hydrogen-bond acceptors (Lipinski definition) is 5. The van der Waals surface area contributed by atoms with E-state index in [4.69, 9.17) is 21.1 Å². The molecule has 1 heterocycles. The number of halogens is 2. The number of methoxy groups -OCH3 is 1. The fraction of sp³-hybridized carbons (Fsp3) is 0.250. The monoisotopic (exact) mass is 514 g/mol. The smallest absolute Gasteiger partial charge is 0.175 e. The molecule has 0 unspecified atom stereocenters. The standard InChI is InChI=1S/C24H20BrClN2O2S/c1-29-21-11-15(10-19(25)23(21)30-14-16-6-2-4-8-20(16)26)13-28-24-18(12-27)17-7-3-5-9-22(17)31-24/h2,4,6,8,10-11,13H,3,5,7,9,14H2,1H3. The van der Waals surface area contributed by atoms with E-state index in [1.807, 2.05) is 36.4 Å². The normalized spacial score (nSPS) is 13.1. The fourth-order valence-electron chi connectivity index (χ4n) is 3.61. The summed E-state index contributed by atoms with van der Waals surface area (Å²) in [6, 6.07) is 13.7.